The number of amides is 1. The number of thiophene rings is 1. The molecule has 0 unspecified atom stereocenters. The molecule has 2 aromatic heterocycles. The number of benzene rings is 2. The zero-order valence-electron chi connectivity index (χ0n) is 16.8. The van der Waals surface area contributed by atoms with Gasteiger partial charge in [-0.05, 0) is 53.4 Å². The number of carbonyl (C=O) groups excluding carboxylic acids is 1. The molecular formula is C24H16ClN3O3S. The summed E-state index contributed by atoms with van der Waals surface area (Å²) in [7, 11) is 1.48. The molecule has 2 N–H and O–H groups in total. The number of pyridine rings is 1. The first-order valence-corrected chi connectivity index (χ1v) is 10.7. The summed E-state index contributed by atoms with van der Waals surface area (Å²) in [5.41, 5.74) is 2.29. The van der Waals surface area contributed by atoms with Gasteiger partial charge in [-0.25, -0.2) is 0 Å². The molecule has 1 amide bonds. The van der Waals surface area contributed by atoms with Crippen molar-refractivity contribution in [2.75, 3.05) is 12.4 Å². The predicted molar refractivity (Wildman–Crippen MR) is 126 cm³/mol. The van der Waals surface area contributed by atoms with E-state index in [0.29, 0.717) is 38.8 Å². The highest BCUT2D eigenvalue weighted by atomic mass is 35.5. The fraction of sp³-hybridized carbons (Fsp3) is 0.0417. The van der Waals surface area contributed by atoms with Crippen molar-refractivity contribution in [3.05, 3.63) is 92.5 Å². The smallest absolute Gasteiger partial charge is 0.266 e. The molecule has 2 aromatic carbocycles. The Morgan fingerprint density at radius 1 is 1.16 bits per heavy atom. The number of H-pyrrole nitrogens is 1. The van der Waals surface area contributed by atoms with Crippen molar-refractivity contribution in [3.63, 3.8) is 0 Å². The van der Waals surface area contributed by atoms with Crippen molar-refractivity contribution >= 4 is 34.5 Å². The minimum atomic E-state index is -0.446. The second-order valence-electron chi connectivity index (χ2n) is 6.77. The van der Waals surface area contributed by atoms with Gasteiger partial charge < -0.3 is 15.0 Å². The van der Waals surface area contributed by atoms with Crippen molar-refractivity contribution in [2.45, 2.75) is 0 Å². The summed E-state index contributed by atoms with van der Waals surface area (Å²) in [4.78, 5) is 28.8. The highest BCUT2D eigenvalue weighted by Crippen LogP contribution is 2.29. The summed E-state index contributed by atoms with van der Waals surface area (Å²) < 4.78 is 5.23. The fourth-order valence-corrected chi connectivity index (χ4v) is 4.12. The summed E-state index contributed by atoms with van der Waals surface area (Å²) in [5, 5.41) is 14.6. The molecule has 6 nitrogen and oxygen atoms in total. The summed E-state index contributed by atoms with van der Waals surface area (Å²) >= 11 is 7.50. The maximum Gasteiger partial charge on any atom is 0.266 e. The Morgan fingerprint density at radius 2 is 1.94 bits per heavy atom. The fourth-order valence-electron chi connectivity index (χ4n) is 3.25. The lowest BCUT2D eigenvalue weighted by atomic mass is 10.0. The van der Waals surface area contributed by atoms with Crippen LogP contribution in [0.5, 0.6) is 5.75 Å². The second kappa shape index (κ2) is 9.10. The molecule has 158 valence electrons. The number of nitriles is 1. The molecule has 0 aliphatic carbocycles. The van der Waals surface area contributed by atoms with Crippen molar-refractivity contribution in [3.8, 4) is 33.5 Å². The number of methoxy groups -OCH3 is 1. The minimum Gasteiger partial charge on any atom is -0.496 e. The molecule has 4 rings (SSSR count). The number of aromatic amines is 1. The quantitative estimate of drug-likeness (QED) is 0.407. The predicted octanol–water partition coefficient (Wildman–Crippen LogP) is 5.56. The monoisotopic (exact) mass is 461 g/mol. The van der Waals surface area contributed by atoms with Crippen LogP contribution in [0, 0.1) is 11.3 Å². The van der Waals surface area contributed by atoms with Crippen LogP contribution in [0.25, 0.3) is 21.7 Å². The molecule has 0 saturated heterocycles. The third kappa shape index (κ3) is 4.28. The molecule has 2 heterocycles. The largest absolute Gasteiger partial charge is 0.496 e. The first-order chi connectivity index (χ1) is 15.5. The third-order valence-corrected chi connectivity index (χ3v) is 5.93. The SMILES string of the molecule is COc1ccc(Cl)cc1C(=O)Nc1ccc(-c2cc(-c3cccs3)[nH]c(=O)c2C#N)cc1. The van der Waals surface area contributed by atoms with Crippen molar-refractivity contribution in [2.24, 2.45) is 0 Å². The van der Waals surface area contributed by atoms with Crippen LogP contribution in [0.15, 0.2) is 70.8 Å². The Hall–Kier alpha value is -3.86. The summed E-state index contributed by atoms with van der Waals surface area (Å²) in [5.74, 6) is 0.0396. The van der Waals surface area contributed by atoms with E-state index in [1.54, 1.807) is 42.5 Å². The number of rotatable bonds is 5. The van der Waals surface area contributed by atoms with Gasteiger partial charge in [0.2, 0.25) is 0 Å². The summed E-state index contributed by atoms with van der Waals surface area (Å²) in [6, 6.07) is 19.3. The summed E-state index contributed by atoms with van der Waals surface area (Å²) in [6.45, 7) is 0. The average Bonchev–Trinajstić information content (AvgIpc) is 3.34. The number of carbonyl (C=O) groups is 1. The lowest BCUT2D eigenvalue weighted by Crippen LogP contribution is -2.13. The Kier molecular flexibility index (Phi) is 6.08. The molecule has 0 saturated carbocycles. The zero-order chi connectivity index (χ0) is 22.7. The third-order valence-electron chi connectivity index (χ3n) is 4.79. The second-order valence-corrected chi connectivity index (χ2v) is 8.15. The number of ether oxygens (including phenoxy) is 1. The van der Waals surface area contributed by atoms with Crippen molar-refractivity contribution in [1.29, 1.82) is 5.26 Å². The van der Waals surface area contributed by atoms with Gasteiger partial charge in [0.25, 0.3) is 11.5 Å². The minimum absolute atomic E-state index is 0.0331. The average molecular weight is 462 g/mol. The molecule has 32 heavy (non-hydrogen) atoms. The van der Waals surface area contributed by atoms with Gasteiger partial charge in [-0.3, -0.25) is 9.59 Å². The van der Waals surface area contributed by atoms with E-state index in [9.17, 15) is 14.9 Å². The standard InChI is InChI=1S/C24H16ClN3O3S/c1-31-21-9-6-15(25)11-18(21)23(29)27-16-7-4-14(5-8-16)17-12-20(22-3-2-10-32-22)28-24(30)19(17)13-26/h2-12H,1H3,(H,27,29)(H,28,30). The van der Waals surface area contributed by atoms with Crippen LogP contribution in [0.3, 0.4) is 0 Å². The van der Waals surface area contributed by atoms with E-state index in [1.807, 2.05) is 23.6 Å². The van der Waals surface area contributed by atoms with E-state index in [4.69, 9.17) is 16.3 Å². The molecule has 0 fully saturated rings. The lowest BCUT2D eigenvalue weighted by molar-refractivity contribution is 0.102. The first kappa shape index (κ1) is 21.4. The molecule has 0 aliphatic rings. The van der Waals surface area contributed by atoms with Crippen LogP contribution in [-0.2, 0) is 0 Å². The van der Waals surface area contributed by atoms with Gasteiger partial charge in [0, 0.05) is 16.3 Å². The first-order valence-electron chi connectivity index (χ1n) is 9.47. The molecule has 0 spiro atoms. The Morgan fingerprint density at radius 3 is 2.59 bits per heavy atom. The Balaban J connectivity index is 1.65. The van der Waals surface area contributed by atoms with Crippen LogP contribution in [-0.4, -0.2) is 18.0 Å². The van der Waals surface area contributed by atoms with Gasteiger partial charge in [0.05, 0.1) is 23.2 Å². The Bertz CT molecular complexity index is 1390. The van der Waals surface area contributed by atoms with E-state index in [0.717, 1.165) is 4.88 Å². The van der Waals surface area contributed by atoms with E-state index in [1.165, 1.54) is 24.5 Å². The molecule has 8 heteroatoms. The highest BCUT2D eigenvalue weighted by molar-refractivity contribution is 7.13. The van der Waals surface area contributed by atoms with Gasteiger partial charge in [-0.2, -0.15) is 5.26 Å². The Labute approximate surface area is 192 Å². The van der Waals surface area contributed by atoms with E-state index < -0.39 is 5.56 Å². The van der Waals surface area contributed by atoms with E-state index >= 15 is 0 Å². The number of aromatic nitrogens is 1. The molecule has 4 aromatic rings. The number of nitrogens with zero attached hydrogens (tertiary/aromatic N) is 1. The normalized spacial score (nSPS) is 10.4. The topological polar surface area (TPSA) is 95.0 Å². The van der Waals surface area contributed by atoms with Crippen LogP contribution < -0.4 is 15.6 Å². The molecule has 0 aliphatic heterocycles. The highest BCUT2D eigenvalue weighted by Gasteiger charge is 2.15. The summed E-state index contributed by atoms with van der Waals surface area (Å²) in [6.07, 6.45) is 0. The van der Waals surface area contributed by atoms with Crippen molar-refractivity contribution < 1.29 is 9.53 Å². The number of hydrogen-bond acceptors (Lipinski definition) is 5. The molecule has 0 atom stereocenters. The zero-order valence-corrected chi connectivity index (χ0v) is 18.4. The van der Waals surface area contributed by atoms with E-state index in [-0.39, 0.29) is 11.5 Å². The van der Waals surface area contributed by atoms with Crippen LogP contribution in [0.2, 0.25) is 5.02 Å². The van der Waals surface area contributed by atoms with Crippen LogP contribution in [0.4, 0.5) is 5.69 Å². The van der Waals surface area contributed by atoms with Gasteiger partial charge in [-0.1, -0.05) is 29.8 Å². The van der Waals surface area contributed by atoms with Gasteiger partial charge >= 0.3 is 0 Å². The van der Waals surface area contributed by atoms with Crippen LogP contribution >= 0.6 is 22.9 Å². The molecule has 0 bridgehead atoms. The van der Waals surface area contributed by atoms with Crippen molar-refractivity contribution in [1.82, 2.24) is 4.98 Å². The lowest BCUT2D eigenvalue weighted by Gasteiger charge is -2.11. The molecule has 0 radical (unpaired) electrons. The van der Waals surface area contributed by atoms with Gasteiger partial charge in [0.1, 0.15) is 17.4 Å². The van der Waals surface area contributed by atoms with E-state index in [2.05, 4.69) is 10.3 Å². The number of halogens is 1. The number of anilines is 1. The maximum absolute atomic E-state index is 12.7. The van der Waals surface area contributed by atoms with Crippen LogP contribution in [0.1, 0.15) is 15.9 Å². The number of nitrogens with one attached hydrogen (secondary N) is 2. The number of hydrogen-bond donors (Lipinski definition) is 2. The maximum atomic E-state index is 12.7. The van der Waals surface area contributed by atoms with Gasteiger partial charge in [-0.15, -0.1) is 11.3 Å². The molecular weight excluding hydrogens is 446 g/mol. The van der Waals surface area contributed by atoms with Gasteiger partial charge in [0.15, 0.2) is 0 Å².